The van der Waals surface area contributed by atoms with Crippen molar-refractivity contribution in [2.75, 3.05) is 13.2 Å². The van der Waals surface area contributed by atoms with Crippen LogP contribution in [0.4, 0.5) is 0 Å². The predicted octanol–water partition coefficient (Wildman–Crippen LogP) is 5.36. The first kappa shape index (κ1) is 25.1. The molecule has 1 aromatic carbocycles. The summed E-state index contributed by atoms with van der Waals surface area (Å²) in [6.07, 6.45) is 2.77. The van der Waals surface area contributed by atoms with Gasteiger partial charge in [0.15, 0.2) is 0 Å². The van der Waals surface area contributed by atoms with Crippen molar-refractivity contribution in [3.8, 4) is 0 Å². The molecule has 1 aromatic heterocycles. The predicted molar refractivity (Wildman–Crippen MR) is 133 cm³/mol. The molecule has 2 heterocycles. The molecule has 2 aliphatic rings. The van der Waals surface area contributed by atoms with Gasteiger partial charge in [-0.25, -0.2) is 13.2 Å². The minimum Gasteiger partial charge on any atom is -0.462 e. The van der Waals surface area contributed by atoms with E-state index in [2.05, 4.69) is 20.8 Å². The zero-order valence-corrected chi connectivity index (χ0v) is 22.4. The van der Waals surface area contributed by atoms with Crippen LogP contribution in [0.15, 0.2) is 29.2 Å². The van der Waals surface area contributed by atoms with Crippen LogP contribution in [0.25, 0.3) is 0 Å². The van der Waals surface area contributed by atoms with Crippen molar-refractivity contribution in [3.63, 3.8) is 0 Å². The second kappa shape index (κ2) is 8.57. The summed E-state index contributed by atoms with van der Waals surface area (Å²) in [6.45, 7) is 12.8. The van der Waals surface area contributed by atoms with Crippen molar-refractivity contribution in [3.05, 3.63) is 50.7 Å². The van der Waals surface area contributed by atoms with Crippen LogP contribution >= 0.6 is 11.3 Å². The van der Waals surface area contributed by atoms with E-state index in [4.69, 9.17) is 4.74 Å². The van der Waals surface area contributed by atoms with Crippen molar-refractivity contribution >= 4 is 33.1 Å². The average molecular weight is 504 g/mol. The van der Waals surface area contributed by atoms with Crippen molar-refractivity contribution in [1.82, 2.24) is 4.31 Å². The number of hydrogen-bond acceptors (Lipinski definition) is 6. The molecule has 6 nitrogen and oxygen atoms in total. The van der Waals surface area contributed by atoms with Crippen LogP contribution in [0.1, 0.15) is 83.0 Å². The van der Waals surface area contributed by atoms with Gasteiger partial charge in [0.05, 0.1) is 16.4 Å². The summed E-state index contributed by atoms with van der Waals surface area (Å²) >= 11 is 1.13. The van der Waals surface area contributed by atoms with Gasteiger partial charge in [-0.3, -0.25) is 4.79 Å². The van der Waals surface area contributed by atoms with Crippen LogP contribution < -0.4 is 0 Å². The lowest BCUT2D eigenvalue weighted by Gasteiger charge is -2.39. The van der Waals surface area contributed by atoms with Crippen LogP contribution in [0.5, 0.6) is 0 Å². The van der Waals surface area contributed by atoms with Crippen molar-refractivity contribution in [1.29, 1.82) is 0 Å². The summed E-state index contributed by atoms with van der Waals surface area (Å²) in [6, 6.07) is 6.21. The second-order valence-corrected chi connectivity index (χ2v) is 13.8. The highest BCUT2D eigenvalue weighted by Crippen LogP contribution is 2.53. The summed E-state index contributed by atoms with van der Waals surface area (Å²) in [4.78, 5) is 26.5. The Morgan fingerprint density at radius 2 is 1.68 bits per heavy atom. The fourth-order valence-corrected chi connectivity index (χ4v) is 8.88. The molecule has 0 N–H and O–H groups in total. The van der Waals surface area contributed by atoms with E-state index in [9.17, 15) is 18.0 Å². The molecule has 0 unspecified atom stereocenters. The SMILES string of the molecule is CCOC(=O)c1sc(C(=O)c2ccc(S(=O)(=O)N3C[C@@]4(C)C[C@@H]3CC(C)(C)C4)cc2)c(C)c1C. The molecule has 2 aromatic rings. The number of thiophene rings is 1. The average Bonchev–Trinajstić information content (AvgIpc) is 3.19. The first-order valence-electron chi connectivity index (χ1n) is 11.7. The quantitative estimate of drug-likeness (QED) is 0.391. The van der Waals surface area contributed by atoms with E-state index in [0.29, 0.717) is 21.9 Å². The molecule has 0 amide bonds. The molecule has 34 heavy (non-hydrogen) atoms. The Bertz CT molecular complexity index is 1240. The van der Waals surface area contributed by atoms with Crippen LogP contribution in [0.2, 0.25) is 0 Å². The first-order chi connectivity index (χ1) is 15.8. The Labute approximate surface area is 206 Å². The van der Waals surface area contributed by atoms with Gasteiger partial charge in [0.2, 0.25) is 15.8 Å². The maximum atomic E-state index is 13.5. The molecule has 0 spiro atoms. The lowest BCUT2D eigenvalue weighted by molar-refractivity contribution is 0.0531. The molecule has 2 atom stereocenters. The highest BCUT2D eigenvalue weighted by molar-refractivity contribution is 7.89. The number of carbonyl (C=O) groups is 2. The first-order valence-corrected chi connectivity index (χ1v) is 14.0. The van der Waals surface area contributed by atoms with Crippen molar-refractivity contribution in [2.24, 2.45) is 10.8 Å². The van der Waals surface area contributed by atoms with E-state index in [1.165, 1.54) is 12.1 Å². The number of nitrogens with zero attached hydrogens (tertiary/aromatic N) is 1. The summed E-state index contributed by atoms with van der Waals surface area (Å²) in [5, 5.41) is 0. The third kappa shape index (κ3) is 4.36. The van der Waals surface area contributed by atoms with E-state index in [1.54, 1.807) is 30.3 Å². The molecular weight excluding hydrogens is 470 g/mol. The Kier molecular flexibility index (Phi) is 6.32. The normalized spacial score (nSPS) is 24.2. The second-order valence-electron chi connectivity index (χ2n) is 10.8. The number of fused-ring (bicyclic) bond motifs is 2. The van der Waals surface area contributed by atoms with Gasteiger partial charge in [-0.1, -0.05) is 20.8 Å². The van der Waals surface area contributed by atoms with E-state index in [0.717, 1.165) is 41.7 Å². The molecule has 2 bridgehead atoms. The van der Waals surface area contributed by atoms with Gasteiger partial charge in [-0.2, -0.15) is 4.31 Å². The summed E-state index contributed by atoms with van der Waals surface area (Å²) in [5.74, 6) is -0.655. The summed E-state index contributed by atoms with van der Waals surface area (Å²) < 4.78 is 33.8. The summed E-state index contributed by atoms with van der Waals surface area (Å²) in [5.41, 5.74) is 2.00. The molecule has 8 heteroatoms. The Hall–Kier alpha value is -2.03. The Balaban J connectivity index is 1.59. The monoisotopic (exact) mass is 503 g/mol. The van der Waals surface area contributed by atoms with E-state index >= 15 is 0 Å². The number of carbonyl (C=O) groups excluding carboxylic acids is 2. The minimum absolute atomic E-state index is 0.000579. The number of rotatable bonds is 6. The number of benzene rings is 1. The van der Waals surface area contributed by atoms with Gasteiger partial charge in [-0.15, -0.1) is 11.3 Å². The molecule has 2 fully saturated rings. The van der Waals surface area contributed by atoms with Crippen LogP contribution in [0, 0.1) is 24.7 Å². The third-order valence-corrected chi connectivity index (χ3v) is 10.5. The zero-order chi connectivity index (χ0) is 25.1. The fourth-order valence-electron chi connectivity index (χ4n) is 5.94. The summed E-state index contributed by atoms with van der Waals surface area (Å²) in [7, 11) is -3.65. The van der Waals surface area contributed by atoms with Gasteiger partial charge in [-0.05, 0) is 86.3 Å². The zero-order valence-electron chi connectivity index (χ0n) is 20.7. The Morgan fingerprint density at radius 1 is 1.06 bits per heavy atom. The maximum Gasteiger partial charge on any atom is 0.348 e. The molecule has 1 saturated carbocycles. The fraction of sp³-hybridized carbons (Fsp3) is 0.538. The van der Waals surface area contributed by atoms with Gasteiger partial charge in [0.1, 0.15) is 4.88 Å². The van der Waals surface area contributed by atoms with Crippen molar-refractivity contribution < 1.29 is 22.7 Å². The van der Waals surface area contributed by atoms with E-state index in [-0.39, 0.29) is 34.2 Å². The molecule has 1 aliphatic carbocycles. The van der Waals surface area contributed by atoms with Crippen molar-refractivity contribution in [2.45, 2.75) is 71.7 Å². The number of ether oxygens (including phenoxy) is 1. The highest BCUT2D eigenvalue weighted by atomic mass is 32.2. The van der Waals surface area contributed by atoms with E-state index in [1.807, 2.05) is 6.92 Å². The standard InChI is InChI=1S/C26H33NO5S2/c1-7-32-24(29)23-17(3)16(2)22(33-23)21(28)18-8-10-20(11-9-18)34(30,31)27-15-26(6)13-19(27)12-25(4,5)14-26/h8-11,19H,7,12-15H2,1-6H3/t19-,26-/m0/s1. The van der Waals surface area contributed by atoms with Gasteiger partial charge in [0, 0.05) is 18.2 Å². The molecule has 1 aliphatic heterocycles. The van der Waals surface area contributed by atoms with Crippen LogP contribution in [0.3, 0.4) is 0 Å². The number of sulfonamides is 1. The topological polar surface area (TPSA) is 80.8 Å². The maximum absolute atomic E-state index is 13.5. The van der Waals surface area contributed by atoms with Crippen LogP contribution in [-0.2, 0) is 14.8 Å². The molecule has 184 valence electrons. The lowest BCUT2D eigenvalue weighted by atomic mass is 9.65. The van der Waals surface area contributed by atoms with Gasteiger partial charge >= 0.3 is 5.97 Å². The third-order valence-electron chi connectivity index (χ3n) is 7.20. The molecule has 4 rings (SSSR count). The molecule has 0 radical (unpaired) electrons. The number of hydrogen-bond donors (Lipinski definition) is 0. The number of esters is 1. The van der Waals surface area contributed by atoms with Crippen LogP contribution in [-0.4, -0.2) is 43.7 Å². The van der Waals surface area contributed by atoms with E-state index < -0.39 is 16.0 Å². The smallest absolute Gasteiger partial charge is 0.348 e. The minimum atomic E-state index is -3.65. The highest BCUT2D eigenvalue weighted by Gasteiger charge is 2.53. The Morgan fingerprint density at radius 3 is 2.29 bits per heavy atom. The molecule has 1 saturated heterocycles. The lowest BCUT2D eigenvalue weighted by Crippen LogP contribution is -2.37. The number of ketones is 1. The largest absolute Gasteiger partial charge is 0.462 e. The van der Waals surface area contributed by atoms with Gasteiger partial charge < -0.3 is 4.74 Å². The molecular formula is C26H33NO5S2. The van der Waals surface area contributed by atoms with Gasteiger partial charge in [0.25, 0.3) is 0 Å².